The number of morpholine rings is 1. The summed E-state index contributed by atoms with van der Waals surface area (Å²) in [6, 6.07) is 0.107. The first-order chi connectivity index (χ1) is 11.6. The van der Waals surface area contributed by atoms with E-state index in [2.05, 4.69) is 29.2 Å². The van der Waals surface area contributed by atoms with E-state index in [0.29, 0.717) is 5.92 Å². The highest BCUT2D eigenvalue weighted by Crippen LogP contribution is 2.24. The van der Waals surface area contributed by atoms with Crippen LogP contribution in [0.3, 0.4) is 0 Å². The molecule has 0 bridgehead atoms. The van der Waals surface area contributed by atoms with Crippen LogP contribution in [0.15, 0.2) is 0 Å². The van der Waals surface area contributed by atoms with Gasteiger partial charge in [0.15, 0.2) is 0 Å². The number of ether oxygens (including phenoxy) is 1. The third kappa shape index (κ3) is 7.36. The van der Waals surface area contributed by atoms with Crippen molar-refractivity contribution in [2.45, 2.75) is 32.1 Å². The first kappa shape index (κ1) is 19.5. The Morgan fingerprint density at radius 1 is 1.12 bits per heavy atom. The zero-order valence-corrected chi connectivity index (χ0v) is 15.6. The van der Waals surface area contributed by atoms with Crippen LogP contribution in [0.1, 0.15) is 32.1 Å². The number of carbonyl (C=O) groups is 1. The summed E-state index contributed by atoms with van der Waals surface area (Å²) < 4.78 is 5.36. The predicted molar refractivity (Wildman–Crippen MR) is 97.4 cm³/mol. The number of hydrogen-bond donors (Lipinski definition) is 1. The van der Waals surface area contributed by atoms with Gasteiger partial charge in [-0.2, -0.15) is 0 Å². The number of amides is 2. The van der Waals surface area contributed by atoms with Crippen molar-refractivity contribution in [1.82, 2.24) is 20.0 Å². The zero-order valence-electron chi connectivity index (χ0n) is 15.6. The van der Waals surface area contributed by atoms with Gasteiger partial charge in [-0.15, -0.1) is 0 Å². The quantitative estimate of drug-likeness (QED) is 0.727. The minimum atomic E-state index is 0.107. The average Bonchev–Trinajstić information content (AvgIpc) is 2.60. The summed E-state index contributed by atoms with van der Waals surface area (Å²) in [6.45, 7) is 7.86. The number of rotatable bonds is 8. The summed E-state index contributed by atoms with van der Waals surface area (Å²) in [7, 11) is 4.13. The van der Waals surface area contributed by atoms with E-state index in [-0.39, 0.29) is 6.03 Å². The van der Waals surface area contributed by atoms with Crippen LogP contribution in [0, 0.1) is 5.92 Å². The lowest BCUT2D eigenvalue weighted by Gasteiger charge is -2.31. The second-order valence-corrected chi connectivity index (χ2v) is 7.44. The maximum Gasteiger partial charge on any atom is 0.317 e. The molecule has 0 aromatic heterocycles. The standard InChI is InChI=1S/C18H36N4O2/c1-20(2)10-11-22(16-17-6-4-3-5-7-17)18(23)19-8-9-21-12-14-24-15-13-21/h17H,3-16H2,1-2H3,(H,19,23). The summed E-state index contributed by atoms with van der Waals surface area (Å²) in [6.07, 6.45) is 6.56. The van der Waals surface area contributed by atoms with Gasteiger partial charge in [0.1, 0.15) is 0 Å². The van der Waals surface area contributed by atoms with Crippen LogP contribution < -0.4 is 5.32 Å². The van der Waals surface area contributed by atoms with Crippen molar-refractivity contribution in [1.29, 1.82) is 0 Å². The fourth-order valence-electron chi connectivity index (χ4n) is 3.54. The Hall–Kier alpha value is -0.850. The molecule has 1 aliphatic heterocycles. The van der Waals surface area contributed by atoms with Crippen LogP contribution in [-0.4, -0.2) is 93.9 Å². The third-order valence-corrected chi connectivity index (χ3v) is 5.12. The van der Waals surface area contributed by atoms with E-state index in [0.717, 1.165) is 59.0 Å². The molecule has 6 heteroatoms. The summed E-state index contributed by atoms with van der Waals surface area (Å²) >= 11 is 0. The SMILES string of the molecule is CN(C)CCN(CC1CCCCC1)C(=O)NCCN1CCOCC1. The van der Waals surface area contributed by atoms with Gasteiger partial charge < -0.3 is 19.9 Å². The molecule has 6 nitrogen and oxygen atoms in total. The number of hydrogen-bond acceptors (Lipinski definition) is 4. The second-order valence-electron chi connectivity index (χ2n) is 7.44. The maximum absolute atomic E-state index is 12.6. The van der Waals surface area contributed by atoms with Crippen molar-refractivity contribution in [2.75, 3.05) is 73.1 Å². The molecule has 2 fully saturated rings. The molecule has 2 amide bonds. The van der Waals surface area contributed by atoms with E-state index in [1.807, 2.05) is 4.90 Å². The van der Waals surface area contributed by atoms with E-state index >= 15 is 0 Å². The molecular weight excluding hydrogens is 304 g/mol. The Balaban J connectivity index is 1.74. The van der Waals surface area contributed by atoms with Crippen molar-refractivity contribution in [3.05, 3.63) is 0 Å². The highest BCUT2D eigenvalue weighted by atomic mass is 16.5. The lowest BCUT2D eigenvalue weighted by atomic mass is 9.89. The van der Waals surface area contributed by atoms with Gasteiger partial charge in [0.05, 0.1) is 13.2 Å². The van der Waals surface area contributed by atoms with Crippen LogP contribution in [-0.2, 0) is 4.74 Å². The normalized spacial score (nSPS) is 20.3. The molecule has 0 atom stereocenters. The summed E-state index contributed by atoms with van der Waals surface area (Å²) in [5.41, 5.74) is 0. The number of nitrogens with zero attached hydrogens (tertiary/aromatic N) is 3. The van der Waals surface area contributed by atoms with Gasteiger partial charge in [0, 0.05) is 45.8 Å². The number of urea groups is 1. The Labute approximate surface area is 147 Å². The monoisotopic (exact) mass is 340 g/mol. The molecule has 1 heterocycles. The van der Waals surface area contributed by atoms with Crippen LogP contribution in [0.25, 0.3) is 0 Å². The maximum atomic E-state index is 12.6. The lowest BCUT2D eigenvalue weighted by Crippen LogP contribution is -2.48. The first-order valence-electron chi connectivity index (χ1n) is 9.63. The molecule has 1 saturated heterocycles. The van der Waals surface area contributed by atoms with Gasteiger partial charge in [0.25, 0.3) is 0 Å². The van der Waals surface area contributed by atoms with Crippen LogP contribution >= 0.6 is 0 Å². The van der Waals surface area contributed by atoms with E-state index in [1.165, 1.54) is 32.1 Å². The van der Waals surface area contributed by atoms with Crippen molar-refractivity contribution in [3.63, 3.8) is 0 Å². The lowest BCUT2D eigenvalue weighted by molar-refractivity contribution is 0.0385. The van der Waals surface area contributed by atoms with E-state index < -0.39 is 0 Å². The van der Waals surface area contributed by atoms with Gasteiger partial charge in [-0.1, -0.05) is 19.3 Å². The average molecular weight is 341 g/mol. The summed E-state index contributed by atoms with van der Waals surface area (Å²) in [4.78, 5) is 19.2. The Morgan fingerprint density at radius 3 is 2.50 bits per heavy atom. The van der Waals surface area contributed by atoms with Crippen LogP contribution in [0.2, 0.25) is 0 Å². The van der Waals surface area contributed by atoms with E-state index in [1.54, 1.807) is 0 Å². The van der Waals surface area contributed by atoms with Crippen LogP contribution in [0.4, 0.5) is 4.79 Å². The molecule has 2 aliphatic rings. The molecule has 0 unspecified atom stereocenters. The van der Waals surface area contributed by atoms with Crippen molar-refractivity contribution in [3.8, 4) is 0 Å². The highest BCUT2D eigenvalue weighted by molar-refractivity contribution is 5.74. The molecule has 24 heavy (non-hydrogen) atoms. The summed E-state index contributed by atoms with van der Waals surface area (Å²) in [5.74, 6) is 0.686. The molecule has 0 aromatic rings. The van der Waals surface area contributed by atoms with Crippen molar-refractivity contribution >= 4 is 6.03 Å². The fourth-order valence-corrected chi connectivity index (χ4v) is 3.54. The van der Waals surface area contributed by atoms with Gasteiger partial charge in [-0.3, -0.25) is 4.90 Å². The minimum absolute atomic E-state index is 0.107. The first-order valence-corrected chi connectivity index (χ1v) is 9.63. The predicted octanol–water partition coefficient (Wildman–Crippen LogP) is 1.47. The number of likely N-dealkylation sites (N-methyl/N-ethyl adjacent to an activating group) is 1. The molecule has 1 aliphatic carbocycles. The molecule has 0 radical (unpaired) electrons. The third-order valence-electron chi connectivity index (χ3n) is 5.12. The zero-order chi connectivity index (χ0) is 17.2. The number of nitrogens with one attached hydrogen (secondary N) is 1. The van der Waals surface area contributed by atoms with Crippen LogP contribution in [0.5, 0.6) is 0 Å². The van der Waals surface area contributed by atoms with Gasteiger partial charge in [-0.05, 0) is 32.9 Å². The van der Waals surface area contributed by atoms with E-state index in [4.69, 9.17) is 4.74 Å². The molecule has 2 rings (SSSR count). The van der Waals surface area contributed by atoms with E-state index in [9.17, 15) is 4.79 Å². The Bertz CT molecular complexity index is 353. The van der Waals surface area contributed by atoms with Crippen molar-refractivity contribution < 1.29 is 9.53 Å². The second kappa shape index (κ2) is 10.9. The van der Waals surface area contributed by atoms with Gasteiger partial charge in [-0.25, -0.2) is 4.79 Å². The molecule has 1 saturated carbocycles. The van der Waals surface area contributed by atoms with Crippen molar-refractivity contribution in [2.24, 2.45) is 5.92 Å². The van der Waals surface area contributed by atoms with Gasteiger partial charge in [0.2, 0.25) is 0 Å². The Kier molecular flexibility index (Phi) is 8.84. The number of carbonyl (C=O) groups excluding carboxylic acids is 1. The molecular formula is C18H36N4O2. The molecule has 0 aromatic carbocycles. The summed E-state index contributed by atoms with van der Waals surface area (Å²) in [5, 5.41) is 3.13. The molecule has 1 N–H and O–H groups in total. The fraction of sp³-hybridized carbons (Fsp3) is 0.944. The molecule has 0 spiro atoms. The largest absolute Gasteiger partial charge is 0.379 e. The smallest absolute Gasteiger partial charge is 0.317 e. The topological polar surface area (TPSA) is 48.0 Å². The van der Waals surface area contributed by atoms with Gasteiger partial charge >= 0.3 is 6.03 Å². The minimum Gasteiger partial charge on any atom is -0.379 e. The Morgan fingerprint density at radius 2 is 1.83 bits per heavy atom. The highest BCUT2D eigenvalue weighted by Gasteiger charge is 2.21. The molecule has 140 valence electrons.